The zero-order valence-electron chi connectivity index (χ0n) is 18.0. The van der Waals surface area contributed by atoms with Crippen LogP contribution in [-0.2, 0) is 14.3 Å². The van der Waals surface area contributed by atoms with Gasteiger partial charge in [-0.3, -0.25) is 14.6 Å². The molecule has 0 bridgehead atoms. The van der Waals surface area contributed by atoms with Gasteiger partial charge < -0.3 is 4.74 Å². The van der Waals surface area contributed by atoms with Gasteiger partial charge in [0.05, 0.1) is 6.10 Å². The summed E-state index contributed by atoms with van der Waals surface area (Å²) in [5, 5.41) is 0.536. The van der Waals surface area contributed by atoms with Gasteiger partial charge in [0.25, 0.3) is 0 Å². The summed E-state index contributed by atoms with van der Waals surface area (Å²) in [5.74, 6) is -1.42. The van der Waals surface area contributed by atoms with Gasteiger partial charge >= 0.3 is 5.97 Å². The topological polar surface area (TPSA) is 55.7 Å². The summed E-state index contributed by atoms with van der Waals surface area (Å²) < 4.78 is 5.56. The van der Waals surface area contributed by atoms with Gasteiger partial charge in [-0.2, -0.15) is 0 Å². The monoisotopic (exact) mass is 435 g/mol. The first-order valence-corrected chi connectivity index (χ1v) is 11.1. The fraction of sp³-hybridized carbons (Fsp3) is 0.346. The average molecular weight is 436 g/mol. The number of allylic oxidation sites excluding steroid dienone is 2. The Morgan fingerprint density at radius 1 is 1.06 bits per heavy atom. The Morgan fingerprint density at radius 2 is 1.74 bits per heavy atom. The Hall–Kier alpha value is -2.72. The van der Waals surface area contributed by atoms with Crippen LogP contribution < -0.4 is 0 Å². The van der Waals surface area contributed by atoms with Gasteiger partial charge in [0.1, 0.15) is 5.92 Å². The molecule has 31 heavy (non-hydrogen) atoms. The highest BCUT2D eigenvalue weighted by atomic mass is 35.5. The number of ketones is 1. The Bertz CT molecular complexity index is 1070. The van der Waals surface area contributed by atoms with E-state index >= 15 is 0 Å². The number of aliphatic imine (C=N–C) groups is 1. The van der Waals surface area contributed by atoms with Crippen LogP contribution in [0.2, 0.25) is 5.02 Å². The van der Waals surface area contributed by atoms with Crippen LogP contribution >= 0.6 is 11.6 Å². The van der Waals surface area contributed by atoms with E-state index in [1.807, 2.05) is 57.2 Å². The Labute approximate surface area is 188 Å². The van der Waals surface area contributed by atoms with Crippen molar-refractivity contribution in [3.05, 3.63) is 82.0 Å². The van der Waals surface area contributed by atoms with Gasteiger partial charge in [0.2, 0.25) is 0 Å². The molecule has 0 saturated carbocycles. The van der Waals surface area contributed by atoms with Crippen LogP contribution in [0, 0.1) is 5.92 Å². The third kappa shape index (κ3) is 4.22. The van der Waals surface area contributed by atoms with Crippen LogP contribution in [0.1, 0.15) is 56.6 Å². The molecule has 2 aliphatic rings. The molecule has 5 heteroatoms. The molecule has 0 spiro atoms. The summed E-state index contributed by atoms with van der Waals surface area (Å²) in [5.41, 5.74) is 3.93. The minimum absolute atomic E-state index is 0.0265. The summed E-state index contributed by atoms with van der Waals surface area (Å²) >= 11 is 6.56. The van der Waals surface area contributed by atoms with Crippen molar-refractivity contribution in [3.8, 4) is 0 Å². The highest BCUT2D eigenvalue weighted by Crippen LogP contribution is 2.48. The maximum Gasteiger partial charge on any atom is 0.315 e. The summed E-state index contributed by atoms with van der Waals surface area (Å²) in [6.45, 7) is 5.48. The normalized spacial score (nSPS) is 23.5. The summed E-state index contributed by atoms with van der Waals surface area (Å²) in [6.07, 6.45) is 0.798. The molecule has 4 rings (SSSR count). The van der Waals surface area contributed by atoms with E-state index in [2.05, 4.69) is 12.1 Å². The second-order valence-corrected chi connectivity index (χ2v) is 8.92. The van der Waals surface area contributed by atoms with Gasteiger partial charge in [-0.1, -0.05) is 60.1 Å². The number of hydrogen-bond acceptors (Lipinski definition) is 4. The largest absolute Gasteiger partial charge is 0.462 e. The van der Waals surface area contributed by atoms with Gasteiger partial charge in [0, 0.05) is 34.3 Å². The van der Waals surface area contributed by atoms with Crippen molar-refractivity contribution in [3.63, 3.8) is 0 Å². The molecule has 0 amide bonds. The average Bonchev–Trinajstić information content (AvgIpc) is 2.73. The number of carbonyl (C=O) groups is 2. The SMILES string of the molecule is CC1=NC2=C(C(=O)C[C@@H](c3ccccc3)C2)[C@H](c2ccccc2Cl)C1C(=O)OC(C)C. The molecule has 0 aromatic heterocycles. The number of Topliss-reactive ketones (excluding diaryl/α,β-unsaturated/α-hetero) is 1. The quantitative estimate of drug-likeness (QED) is 0.564. The van der Waals surface area contributed by atoms with Gasteiger partial charge in [-0.25, -0.2) is 0 Å². The summed E-state index contributed by atoms with van der Waals surface area (Å²) in [7, 11) is 0. The lowest BCUT2D eigenvalue weighted by molar-refractivity contribution is -0.150. The predicted molar refractivity (Wildman–Crippen MR) is 122 cm³/mol. The molecular weight excluding hydrogens is 410 g/mol. The third-order valence-electron chi connectivity index (χ3n) is 6.01. The molecule has 2 aromatic rings. The number of halogens is 1. The molecule has 0 radical (unpaired) electrons. The van der Waals surface area contributed by atoms with Crippen molar-refractivity contribution in [1.29, 1.82) is 0 Å². The van der Waals surface area contributed by atoms with E-state index in [0.717, 1.165) is 16.8 Å². The van der Waals surface area contributed by atoms with Crippen molar-refractivity contribution >= 4 is 29.1 Å². The second-order valence-electron chi connectivity index (χ2n) is 8.52. The van der Waals surface area contributed by atoms with E-state index in [9.17, 15) is 9.59 Å². The van der Waals surface area contributed by atoms with E-state index in [-0.39, 0.29) is 23.8 Å². The smallest absolute Gasteiger partial charge is 0.315 e. The van der Waals surface area contributed by atoms with Crippen LogP contribution in [0.3, 0.4) is 0 Å². The number of esters is 1. The Kier molecular flexibility index (Phi) is 6.10. The first kappa shape index (κ1) is 21.5. The van der Waals surface area contributed by atoms with Crippen molar-refractivity contribution < 1.29 is 14.3 Å². The molecule has 3 atom stereocenters. The summed E-state index contributed by atoms with van der Waals surface area (Å²) in [6, 6.07) is 17.5. The van der Waals surface area contributed by atoms with E-state index in [0.29, 0.717) is 29.1 Å². The number of benzene rings is 2. The molecule has 0 saturated heterocycles. The zero-order chi connectivity index (χ0) is 22.1. The molecule has 1 aliphatic carbocycles. The fourth-order valence-electron chi connectivity index (χ4n) is 4.69. The lowest BCUT2D eigenvalue weighted by atomic mass is 9.69. The van der Waals surface area contributed by atoms with Crippen LogP contribution in [-0.4, -0.2) is 23.6 Å². The lowest BCUT2D eigenvalue weighted by Gasteiger charge is -2.37. The van der Waals surface area contributed by atoms with E-state index in [1.54, 1.807) is 6.07 Å². The first-order valence-electron chi connectivity index (χ1n) is 10.7. The fourth-order valence-corrected chi connectivity index (χ4v) is 4.95. The molecule has 2 aromatic carbocycles. The van der Waals surface area contributed by atoms with Crippen molar-refractivity contribution in [2.75, 3.05) is 0 Å². The van der Waals surface area contributed by atoms with Crippen LogP contribution in [0.25, 0.3) is 0 Å². The molecular formula is C26H26ClNO3. The number of rotatable bonds is 4. The Morgan fingerprint density at radius 3 is 2.42 bits per heavy atom. The molecule has 0 fully saturated rings. The minimum atomic E-state index is -0.668. The zero-order valence-corrected chi connectivity index (χ0v) is 18.7. The predicted octanol–water partition coefficient (Wildman–Crippen LogP) is 5.87. The highest BCUT2D eigenvalue weighted by molar-refractivity contribution is 6.31. The van der Waals surface area contributed by atoms with Gasteiger partial charge in [-0.15, -0.1) is 0 Å². The van der Waals surface area contributed by atoms with Crippen molar-refractivity contribution in [2.24, 2.45) is 10.9 Å². The highest BCUT2D eigenvalue weighted by Gasteiger charge is 2.45. The lowest BCUT2D eigenvalue weighted by Crippen LogP contribution is -2.38. The molecule has 0 N–H and O–H groups in total. The van der Waals surface area contributed by atoms with Crippen LogP contribution in [0.15, 0.2) is 70.9 Å². The number of carbonyl (C=O) groups excluding carboxylic acids is 2. The maximum absolute atomic E-state index is 13.5. The standard InChI is InChI=1S/C26H26ClNO3/c1-15(2)31-26(30)23-16(3)28-21-13-18(17-9-5-4-6-10-17)14-22(29)25(21)24(23)19-11-7-8-12-20(19)27/h4-12,15,18,23-24H,13-14H2,1-3H3/t18-,23?,24+/m0/s1. The van der Waals surface area contributed by atoms with E-state index in [4.69, 9.17) is 21.3 Å². The number of ether oxygens (including phenoxy) is 1. The van der Waals surface area contributed by atoms with Crippen LogP contribution in [0.4, 0.5) is 0 Å². The second kappa shape index (κ2) is 8.80. The number of nitrogens with zero attached hydrogens (tertiary/aromatic N) is 1. The Balaban J connectivity index is 1.82. The summed E-state index contributed by atoms with van der Waals surface area (Å²) in [4.78, 5) is 31.4. The molecule has 4 nitrogen and oxygen atoms in total. The van der Waals surface area contributed by atoms with Gasteiger partial charge in [-0.05, 0) is 50.3 Å². The molecule has 1 aliphatic heterocycles. The van der Waals surface area contributed by atoms with Crippen molar-refractivity contribution in [1.82, 2.24) is 0 Å². The third-order valence-corrected chi connectivity index (χ3v) is 6.35. The van der Waals surface area contributed by atoms with E-state index < -0.39 is 11.8 Å². The molecule has 160 valence electrons. The first-order chi connectivity index (χ1) is 14.9. The number of hydrogen-bond donors (Lipinski definition) is 0. The van der Waals surface area contributed by atoms with Gasteiger partial charge in [0.15, 0.2) is 5.78 Å². The molecule has 1 heterocycles. The van der Waals surface area contributed by atoms with Crippen LogP contribution in [0.5, 0.6) is 0 Å². The van der Waals surface area contributed by atoms with Crippen molar-refractivity contribution in [2.45, 2.75) is 51.6 Å². The molecule has 1 unspecified atom stereocenters. The minimum Gasteiger partial charge on any atom is -0.462 e. The van der Waals surface area contributed by atoms with E-state index in [1.165, 1.54) is 0 Å². The maximum atomic E-state index is 13.5.